The van der Waals surface area contributed by atoms with E-state index < -0.39 is 11.8 Å². The number of carbonyl (C=O) groups is 1. The van der Waals surface area contributed by atoms with Gasteiger partial charge in [-0.3, -0.25) is 4.90 Å². The average molecular weight is 625 g/mol. The first kappa shape index (κ1) is 30.7. The Morgan fingerprint density at radius 1 is 1.09 bits per heavy atom. The standard InChI is InChI=1S/C33H33FN8O4/c1-3-41-21-36-17-24(41)18-42-30(38-27-8-9-28(33(43)44-2)39-32(27)42)19-40-13-11-25(12-14-40)46-31-6-4-5-23(37-31)20-45-29-10-7-22(16-35)15-26(29)34/h4-10,15,17,21,25H,3,11-14,18-20H2,1-2H3. The summed E-state index contributed by atoms with van der Waals surface area (Å²) < 4.78 is 35.0. The first-order valence-electron chi connectivity index (χ1n) is 15.0. The van der Waals surface area contributed by atoms with Crippen LogP contribution in [0.5, 0.6) is 11.6 Å². The lowest BCUT2D eigenvalue weighted by Gasteiger charge is -2.31. The number of hydrogen-bond donors (Lipinski definition) is 0. The molecule has 13 heteroatoms. The number of nitriles is 1. The quantitative estimate of drug-likeness (QED) is 0.193. The number of aromatic nitrogens is 6. The number of rotatable bonds is 11. The summed E-state index contributed by atoms with van der Waals surface area (Å²) in [4.78, 5) is 32.9. The van der Waals surface area contributed by atoms with Crippen LogP contribution in [0.3, 0.4) is 0 Å². The van der Waals surface area contributed by atoms with Crippen LogP contribution in [-0.4, -0.2) is 66.2 Å². The molecule has 1 aliphatic heterocycles. The smallest absolute Gasteiger partial charge is 0.356 e. The second-order valence-electron chi connectivity index (χ2n) is 10.9. The van der Waals surface area contributed by atoms with E-state index in [1.54, 1.807) is 30.6 Å². The first-order chi connectivity index (χ1) is 22.4. The van der Waals surface area contributed by atoms with Crippen molar-refractivity contribution in [1.82, 2.24) is 34.0 Å². The predicted molar refractivity (Wildman–Crippen MR) is 164 cm³/mol. The van der Waals surface area contributed by atoms with Gasteiger partial charge in [-0.1, -0.05) is 6.07 Å². The number of halogens is 1. The molecular weight excluding hydrogens is 591 g/mol. The highest BCUT2D eigenvalue weighted by molar-refractivity contribution is 5.89. The number of pyridine rings is 2. The van der Waals surface area contributed by atoms with Crippen molar-refractivity contribution in [2.24, 2.45) is 0 Å². The van der Waals surface area contributed by atoms with Crippen LogP contribution in [0.25, 0.3) is 11.2 Å². The molecule has 4 aromatic heterocycles. The lowest BCUT2D eigenvalue weighted by Crippen LogP contribution is -2.38. The number of likely N-dealkylation sites (tertiary alicyclic amines) is 1. The average Bonchev–Trinajstić information content (AvgIpc) is 3.68. The van der Waals surface area contributed by atoms with E-state index in [1.807, 2.05) is 18.3 Å². The molecule has 1 aromatic carbocycles. The van der Waals surface area contributed by atoms with Crippen LogP contribution < -0.4 is 9.47 Å². The highest BCUT2D eigenvalue weighted by Crippen LogP contribution is 2.24. The minimum Gasteiger partial charge on any atom is -0.484 e. The summed E-state index contributed by atoms with van der Waals surface area (Å²) in [5, 5.41) is 8.93. The minimum atomic E-state index is -0.594. The SMILES string of the molecule is CCn1cncc1Cn1c(CN2CCC(Oc3cccc(COc4ccc(C#N)cc4F)n3)CC2)nc2ccc(C(=O)OC)nc21. The van der Waals surface area contributed by atoms with Gasteiger partial charge in [-0.25, -0.2) is 29.1 Å². The zero-order valence-electron chi connectivity index (χ0n) is 25.6. The van der Waals surface area contributed by atoms with E-state index in [4.69, 9.17) is 24.5 Å². The van der Waals surface area contributed by atoms with E-state index in [2.05, 4.69) is 35.9 Å². The monoisotopic (exact) mass is 624 g/mol. The van der Waals surface area contributed by atoms with Crippen molar-refractivity contribution < 1.29 is 23.4 Å². The van der Waals surface area contributed by atoms with Crippen LogP contribution in [0.4, 0.5) is 4.39 Å². The van der Waals surface area contributed by atoms with Gasteiger partial charge in [-0.05, 0) is 56.2 Å². The number of piperidine rings is 1. The summed E-state index contributed by atoms with van der Waals surface area (Å²) in [5.74, 6) is 0.305. The zero-order chi connectivity index (χ0) is 32.0. The van der Waals surface area contributed by atoms with Crippen LogP contribution in [0, 0.1) is 17.1 Å². The molecular formula is C33H33FN8O4. The Bertz CT molecular complexity index is 1890. The molecule has 0 unspecified atom stereocenters. The Morgan fingerprint density at radius 3 is 2.70 bits per heavy atom. The van der Waals surface area contributed by atoms with Crippen molar-refractivity contribution in [3.05, 3.63) is 95.3 Å². The van der Waals surface area contributed by atoms with E-state index >= 15 is 0 Å². The second-order valence-corrected chi connectivity index (χ2v) is 10.9. The third kappa shape index (κ3) is 6.82. The van der Waals surface area contributed by atoms with Crippen LogP contribution in [-0.2, 0) is 31.0 Å². The fourth-order valence-corrected chi connectivity index (χ4v) is 5.48. The Kier molecular flexibility index (Phi) is 9.16. The molecule has 0 N–H and O–H groups in total. The zero-order valence-corrected chi connectivity index (χ0v) is 25.6. The number of aryl methyl sites for hydroxylation is 1. The third-order valence-electron chi connectivity index (χ3n) is 7.93. The highest BCUT2D eigenvalue weighted by atomic mass is 19.1. The van der Waals surface area contributed by atoms with Crippen molar-refractivity contribution in [3.63, 3.8) is 0 Å². The lowest BCUT2D eigenvalue weighted by molar-refractivity contribution is 0.0594. The van der Waals surface area contributed by atoms with Crippen LogP contribution in [0.2, 0.25) is 0 Å². The molecule has 12 nitrogen and oxygen atoms in total. The largest absolute Gasteiger partial charge is 0.484 e. The Labute approximate surface area is 265 Å². The predicted octanol–water partition coefficient (Wildman–Crippen LogP) is 4.51. The van der Waals surface area contributed by atoms with Gasteiger partial charge in [0.1, 0.15) is 24.1 Å². The summed E-state index contributed by atoms with van der Waals surface area (Å²) in [6, 6.07) is 14.9. The van der Waals surface area contributed by atoms with Crippen LogP contribution in [0.15, 0.2) is 61.1 Å². The molecule has 0 spiro atoms. The van der Waals surface area contributed by atoms with Crippen molar-refractivity contribution in [2.45, 2.75) is 52.1 Å². The van der Waals surface area contributed by atoms with E-state index in [9.17, 15) is 9.18 Å². The molecule has 0 aliphatic carbocycles. The number of methoxy groups -OCH3 is 1. The van der Waals surface area contributed by atoms with Gasteiger partial charge < -0.3 is 23.3 Å². The number of imidazole rings is 2. The Hall–Kier alpha value is -5.35. The van der Waals surface area contributed by atoms with Gasteiger partial charge in [0.15, 0.2) is 22.9 Å². The van der Waals surface area contributed by atoms with Gasteiger partial charge in [0, 0.05) is 31.9 Å². The number of nitrogens with zero attached hydrogens (tertiary/aromatic N) is 8. The fraction of sp³-hybridized carbons (Fsp3) is 0.333. The van der Waals surface area contributed by atoms with Crippen molar-refractivity contribution in [3.8, 4) is 17.7 Å². The third-order valence-corrected chi connectivity index (χ3v) is 7.93. The molecule has 236 valence electrons. The molecule has 6 rings (SSSR count). The number of carbonyl (C=O) groups excluding carboxylic acids is 1. The van der Waals surface area contributed by atoms with Crippen molar-refractivity contribution in [1.29, 1.82) is 5.26 Å². The topological polar surface area (TPSA) is 133 Å². The Balaban J connectivity index is 1.10. The van der Waals surface area contributed by atoms with Gasteiger partial charge in [-0.2, -0.15) is 5.26 Å². The van der Waals surface area contributed by atoms with Gasteiger partial charge in [0.25, 0.3) is 0 Å². The normalized spacial score (nSPS) is 13.9. The van der Waals surface area contributed by atoms with E-state index in [0.29, 0.717) is 35.8 Å². The molecule has 0 bridgehead atoms. The highest BCUT2D eigenvalue weighted by Gasteiger charge is 2.24. The molecule has 5 heterocycles. The molecule has 1 aliphatic rings. The molecule has 1 saturated heterocycles. The summed E-state index contributed by atoms with van der Waals surface area (Å²) in [6.45, 7) is 5.62. The van der Waals surface area contributed by atoms with E-state index in [-0.39, 0.29) is 29.7 Å². The molecule has 46 heavy (non-hydrogen) atoms. The maximum atomic E-state index is 14.2. The summed E-state index contributed by atoms with van der Waals surface area (Å²) >= 11 is 0. The van der Waals surface area contributed by atoms with Crippen molar-refractivity contribution >= 4 is 17.1 Å². The number of benzene rings is 1. The molecule has 5 aromatic rings. The lowest BCUT2D eigenvalue weighted by atomic mass is 10.1. The maximum Gasteiger partial charge on any atom is 0.356 e. The molecule has 0 atom stereocenters. The van der Waals surface area contributed by atoms with E-state index in [0.717, 1.165) is 50.1 Å². The molecule has 0 amide bonds. The molecule has 1 fully saturated rings. The van der Waals surface area contributed by atoms with Gasteiger partial charge >= 0.3 is 5.97 Å². The summed E-state index contributed by atoms with van der Waals surface area (Å²) in [7, 11) is 1.34. The first-order valence-corrected chi connectivity index (χ1v) is 15.0. The van der Waals surface area contributed by atoms with Crippen LogP contribution >= 0.6 is 0 Å². The van der Waals surface area contributed by atoms with Crippen molar-refractivity contribution in [2.75, 3.05) is 20.2 Å². The van der Waals surface area contributed by atoms with Gasteiger partial charge in [0.05, 0.1) is 49.5 Å². The molecule has 0 saturated carbocycles. The second kappa shape index (κ2) is 13.7. The van der Waals surface area contributed by atoms with Gasteiger partial charge in [0.2, 0.25) is 5.88 Å². The fourth-order valence-electron chi connectivity index (χ4n) is 5.48. The number of fused-ring (bicyclic) bond motifs is 1. The minimum absolute atomic E-state index is 0.0158. The number of esters is 1. The summed E-state index contributed by atoms with van der Waals surface area (Å²) in [5.41, 5.74) is 3.41. The number of ether oxygens (including phenoxy) is 3. The van der Waals surface area contributed by atoms with Crippen LogP contribution in [0.1, 0.15) is 53.0 Å². The maximum absolute atomic E-state index is 14.2. The molecule has 0 radical (unpaired) electrons. The van der Waals surface area contributed by atoms with Gasteiger partial charge in [-0.15, -0.1) is 0 Å². The Morgan fingerprint density at radius 2 is 1.93 bits per heavy atom. The summed E-state index contributed by atoms with van der Waals surface area (Å²) in [6.07, 6.45) is 5.22. The number of hydrogen-bond acceptors (Lipinski definition) is 10. The van der Waals surface area contributed by atoms with E-state index in [1.165, 1.54) is 19.2 Å².